The van der Waals surface area contributed by atoms with Crippen LogP contribution in [0.3, 0.4) is 0 Å². The van der Waals surface area contributed by atoms with E-state index in [1.54, 1.807) is 0 Å². The number of unbranched alkanes of at least 4 members (excludes halogenated alkanes) is 1. The molecule has 1 nitrogen and oxygen atoms in total. The first-order valence-corrected chi connectivity index (χ1v) is 11.0. The highest BCUT2D eigenvalue weighted by atomic mass is 14.9. The SMILES string of the molecule is C=C/C(=C\C)C1=CC=C2C(Nc3ccc(C4C=CC=C4)cc3)=CC=CC21.CCCC. The Bertz CT molecular complexity index is 944. The molecule has 1 aromatic rings. The van der Waals surface area contributed by atoms with Gasteiger partial charge in [-0.25, -0.2) is 0 Å². The topological polar surface area (TPSA) is 12.0 Å². The molecule has 0 bridgehead atoms. The smallest absolute Gasteiger partial charge is 0.0426 e. The molecule has 154 valence electrons. The summed E-state index contributed by atoms with van der Waals surface area (Å²) < 4.78 is 0. The van der Waals surface area contributed by atoms with E-state index in [-0.39, 0.29) is 0 Å². The lowest BCUT2D eigenvalue weighted by Gasteiger charge is -2.23. The number of nitrogens with one attached hydrogen (secondary N) is 1. The number of anilines is 1. The van der Waals surface area contributed by atoms with Crippen molar-refractivity contribution in [2.24, 2.45) is 5.92 Å². The van der Waals surface area contributed by atoms with Crippen LogP contribution in [-0.4, -0.2) is 0 Å². The van der Waals surface area contributed by atoms with Crippen molar-refractivity contribution < 1.29 is 0 Å². The molecule has 1 N–H and O–H groups in total. The van der Waals surface area contributed by atoms with Gasteiger partial charge in [-0.3, -0.25) is 0 Å². The molecule has 1 aromatic carbocycles. The quantitative estimate of drug-likeness (QED) is 0.479. The molecule has 0 radical (unpaired) electrons. The molecule has 0 spiro atoms. The maximum absolute atomic E-state index is 3.95. The monoisotopic (exact) mass is 395 g/mol. The summed E-state index contributed by atoms with van der Waals surface area (Å²) in [6.07, 6.45) is 26.3. The third-order valence-corrected chi connectivity index (χ3v) is 5.68. The Morgan fingerprint density at radius 1 is 0.933 bits per heavy atom. The van der Waals surface area contributed by atoms with Gasteiger partial charge in [-0.2, -0.15) is 0 Å². The van der Waals surface area contributed by atoms with Crippen molar-refractivity contribution in [1.29, 1.82) is 0 Å². The number of rotatable bonds is 6. The highest BCUT2D eigenvalue weighted by Gasteiger charge is 2.26. The predicted octanol–water partition coefficient (Wildman–Crippen LogP) is 8.18. The lowest BCUT2D eigenvalue weighted by atomic mass is 9.86. The van der Waals surface area contributed by atoms with E-state index >= 15 is 0 Å². The average molecular weight is 396 g/mol. The summed E-state index contributed by atoms with van der Waals surface area (Å²) >= 11 is 0. The molecule has 0 fully saturated rings. The summed E-state index contributed by atoms with van der Waals surface area (Å²) in [6.45, 7) is 10.4. The minimum absolute atomic E-state index is 0.305. The first kappa shape index (κ1) is 21.6. The van der Waals surface area contributed by atoms with Crippen molar-refractivity contribution in [3.63, 3.8) is 0 Å². The molecule has 3 aliphatic carbocycles. The van der Waals surface area contributed by atoms with Crippen LogP contribution in [0.4, 0.5) is 5.69 Å². The Morgan fingerprint density at radius 3 is 2.23 bits per heavy atom. The largest absolute Gasteiger partial charge is 0.355 e. The Kier molecular flexibility index (Phi) is 7.68. The van der Waals surface area contributed by atoms with Crippen LogP contribution in [0.25, 0.3) is 0 Å². The van der Waals surface area contributed by atoms with Crippen LogP contribution in [0, 0.1) is 5.92 Å². The fraction of sp³-hybridized carbons (Fsp3) is 0.241. The van der Waals surface area contributed by atoms with Crippen LogP contribution >= 0.6 is 0 Å². The van der Waals surface area contributed by atoms with Crippen molar-refractivity contribution in [3.8, 4) is 0 Å². The van der Waals surface area contributed by atoms with Crippen molar-refractivity contribution >= 4 is 5.69 Å². The molecule has 0 aromatic heterocycles. The Morgan fingerprint density at radius 2 is 1.63 bits per heavy atom. The van der Waals surface area contributed by atoms with Crippen molar-refractivity contribution in [2.45, 2.75) is 39.5 Å². The molecular formula is C29H33N. The fourth-order valence-corrected chi connectivity index (χ4v) is 3.77. The molecule has 30 heavy (non-hydrogen) atoms. The number of fused-ring (bicyclic) bond motifs is 1. The second kappa shape index (κ2) is 10.6. The maximum Gasteiger partial charge on any atom is 0.0426 e. The molecule has 1 atom stereocenters. The molecule has 0 heterocycles. The molecule has 4 rings (SSSR count). The van der Waals surface area contributed by atoms with Crippen LogP contribution in [0.1, 0.15) is 45.1 Å². The van der Waals surface area contributed by atoms with Gasteiger partial charge in [0.05, 0.1) is 0 Å². The average Bonchev–Trinajstić information content (AvgIpc) is 3.47. The van der Waals surface area contributed by atoms with Gasteiger partial charge >= 0.3 is 0 Å². The number of allylic oxidation sites excluding steroid dienone is 14. The van der Waals surface area contributed by atoms with E-state index < -0.39 is 0 Å². The fourth-order valence-electron chi connectivity index (χ4n) is 3.77. The van der Waals surface area contributed by atoms with Gasteiger partial charge in [-0.05, 0) is 47.4 Å². The summed E-state index contributed by atoms with van der Waals surface area (Å²) in [5, 5.41) is 3.59. The van der Waals surface area contributed by atoms with Crippen molar-refractivity contribution in [2.75, 3.05) is 5.32 Å². The van der Waals surface area contributed by atoms with E-state index in [1.165, 1.54) is 35.1 Å². The third-order valence-electron chi connectivity index (χ3n) is 5.68. The maximum atomic E-state index is 3.95. The Balaban J connectivity index is 0.000000589. The lowest BCUT2D eigenvalue weighted by Crippen LogP contribution is -2.12. The van der Waals surface area contributed by atoms with Crippen LogP contribution in [0.15, 0.2) is 120 Å². The third kappa shape index (κ3) is 4.91. The summed E-state index contributed by atoms with van der Waals surface area (Å²) in [7, 11) is 0. The van der Waals surface area contributed by atoms with Crippen LogP contribution in [0.2, 0.25) is 0 Å². The number of hydrogen-bond acceptors (Lipinski definition) is 1. The second-order valence-corrected chi connectivity index (χ2v) is 7.68. The van der Waals surface area contributed by atoms with Crippen LogP contribution in [-0.2, 0) is 0 Å². The minimum atomic E-state index is 0.305. The van der Waals surface area contributed by atoms with Gasteiger partial charge in [0.1, 0.15) is 0 Å². The molecule has 1 unspecified atom stereocenters. The predicted molar refractivity (Wildman–Crippen MR) is 133 cm³/mol. The zero-order valence-corrected chi connectivity index (χ0v) is 18.4. The van der Waals surface area contributed by atoms with Gasteiger partial charge in [0.15, 0.2) is 0 Å². The molecule has 0 saturated carbocycles. The molecule has 0 aliphatic heterocycles. The van der Waals surface area contributed by atoms with Gasteiger partial charge in [-0.1, -0.05) is 106 Å². The van der Waals surface area contributed by atoms with E-state index in [2.05, 4.69) is 118 Å². The standard InChI is InChI=1S/C25H23N.C4H10/c1-3-18(4-2)22-16-17-24-23(22)10-7-11-25(24)26-21-14-12-20(13-15-21)19-8-5-6-9-19;1-3-4-2/h3-17,19,23,26H,1H2,2H3;3-4H2,1-2H3/b18-4+;. The summed E-state index contributed by atoms with van der Waals surface area (Å²) in [5.74, 6) is 0.715. The van der Waals surface area contributed by atoms with E-state index in [4.69, 9.17) is 0 Å². The van der Waals surface area contributed by atoms with E-state index in [1.807, 2.05) is 6.08 Å². The summed E-state index contributed by atoms with van der Waals surface area (Å²) in [4.78, 5) is 0. The summed E-state index contributed by atoms with van der Waals surface area (Å²) in [6, 6.07) is 8.72. The Labute approximate surface area is 182 Å². The van der Waals surface area contributed by atoms with Gasteiger partial charge in [0.2, 0.25) is 0 Å². The normalized spacial score (nSPS) is 19.5. The molecule has 3 aliphatic rings. The van der Waals surface area contributed by atoms with E-state index in [9.17, 15) is 0 Å². The van der Waals surface area contributed by atoms with E-state index in [0.717, 1.165) is 11.4 Å². The van der Waals surface area contributed by atoms with Crippen molar-refractivity contribution in [1.82, 2.24) is 0 Å². The van der Waals surface area contributed by atoms with Crippen LogP contribution in [0.5, 0.6) is 0 Å². The zero-order valence-electron chi connectivity index (χ0n) is 18.4. The molecular weight excluding hydrogens is 362 g/mol. The summed E-state index contributed by atoms with van der Waals surface area (Å²) in [5.41, 5.74) is 7.43. The lowest BCUT2D eigenvalue weighted by molar-refractivity contribution is 0.886. The number of hydrogen-bond donors (Lipinski definition) is 1. The van der Waals surface area contributed by atoms with Gasteiger partial charge in [0.25, 0.3) is 0 Å². The van der Waals surface area contributed by atoms with Crippen LogP contribution < -0.4 is 5.32 Å². The number of benzene rings is 1. The minimum Gasteiger partial charge on any atom is -0.355 e. The first-order valence-electron chi connectivity index (χ1n) is 11.0. The first-order chi connectivity index (χ1) is 14.7. The Hall–Kier alpha value is -3.06. The van der Waals surface area contributed by atoms with Crippen molar-refractivity contribution in [3.05, 3.63) is 126 Å². The van der Waals surface area contributed by atoms with Gasteiger partial charge in [-0.15, -0.1) is 0 Å². The zero-order chi connectivity index (χ0) is 21.3. The van der Waals surface area contributed by atoms with Gasteiger partial charge in [0, 0.05) is 23.2 Å². The van der Waals surface area contributed by atoms with E-state index in [0.29, 0.717) is 11.8 Å². The molecule has 1 heteroatoms. The molecule has 0 amide bonds. The second-order valence-electron chi connectivity index (χ2n) is 7.68. The van der Waals surface area contributed by atoms with Gasteiger partial charge < -0.3 is 5.32 Å². The highest BCUT2D eigenvalue weighted by molar-refractivity contribution is 5.64. The molecule has 0 saturated heterocycles. The highest BCUT2D eigenvalue weighted by Crippen LogP contribution is 2.39.